The van der Waals surface area contributed by atoms with Crippen molar-refractivity contribution in [2.24, 2.45) is 0 Å². The lowest BCUT2D eigenvalue weighted by Gasteiger charge is -2.28. The molecule has 25 heavy (non-hydrogen) atoms. The van der Waals surface area contributed by atoms with Gasteiger partial charge in [0.05, 0.1) is 23.9 Å². The van der Waals surface area contributed by atoms with E-state index < -0.39 is 21.8 Å². The number of hydrazine groups is 1. The zero-order valence-electron chi connectivity index (χ0n) is 14.2. The molecular weight excluding hydrogens is 340 g/mol. The number of sulfonamides is 1. The largest absolute Gasteiger partial charge is 0.277 e. The Morgan fingerprint density at radius 2 is 1.52 bits per heavy atom. The van der Waals surface area contributed by atoms with Gasteiger partial charge >= 0.3 is 0 Å². The molecule has 0 bridgehead atoms. The molecule has 2 aromatic carbocycles. The Kier molecular flexibility index (Phi) is 4.22. The topological polar surface area (TPSA) is 74.8 Å². The molecule has 0 spiro atoms. The van der Waals surface area contributed by atoms with E-state index in [1.54, 1.807) is 18.2 Å². The summed E-state index contributed by atoms with van der Waals surface area (Å²) in [6.45, 7) is 3.72. The van der Waals surface area contributed by atoms with E-state index in [1.165, 1.54) is 12.1 Å². The molecule has 0 aliphatic carbocycles. The average Bonchev–Trinajstić information content (AvgIpc) is 2.78. The third-order valence-corrected chi connectivity index (χ3v) is 5.24. The molecular formula is C18H18N2O4S. The Morgan fingerprint density at radius 3 is 2.00 bits per heavy atom. The summed E-state index contributed by atoms with van der Waals surface area (Å²) in [5.74, 6) is -1.26. The van der Waals surface area contributed by atoms with Crippen molar-refractivity contribution < 1.29 is 18.0 Å². The van der Waals surface area contributed by atoms with E-state index in [1.807, 2.05) is 26.0 Å². The highest BCUT2D eigenvalue weighted by Gasteiger charge is 2.42. The highest BCUT2D eigenvalue weighted by molar-refractivity contribution is 7.88. The summed E-state index contributed by atoms with van der Waals surface area (Å²) in [5, 5.41) is 0.722. The van der Waals surface area contributed by atoms with Crippen molar-refractivity contribution in [1.82, 2.24) is 9.42 Å². The fourth-order valence-electron chi connectivity index (χ4n) is 2.88. The first kappa shape index (κ1) is 17.3. The Labute approximate surface area is 146 Å². The van der Waals surface area contributed by atoms with E-state index in [0.717, 1.165) is 32.4 Å². The third-order valence-electron chi connectivity index (χ3n) is 4.18. The molecule has 7 heteroatoms. The van der Waals surface area contributed by atoms with E-state index >= 15 is 0 Å². The lowest BCUT2D eigenvalue weighted by atomic mass is 10.1. The van der Waals surface area contributed by atoms with E-state index in [4.69, 9.17) is 0 Å². The number of carbonyl (C=O) groups excluding carboxylic acids is 2. The van der Waals surface area contributed by atoms with Crippen LogP contribution in [0.1, 0.15) is 37.4 Å². The molecule has 0 fully saturated rings. The fourth-order valence-corrected chi connectivity index (χ4v) is 3.70. The molecule has 0 unspecified atom stereocenters. The van der Waals surface area contributed by atoms with Gasteiger partial charge in [-0.2, -0.15) is 5.01 Å². The zero-order chi connectivity index (χ0) is 18.4. The number of carbonyl (C=O) groups is 2. The first-order valence-electron chi connectivity index (χ1n) is 7.71. The van der Waals surface area contributed by atoms with Crippen molar-refractivity contribution >= 4 is 21.8 Å². The maximum atomic E-state index is 12.6. The minimum Gasteiger partial charge on any atom is -0.267 e. The van der Waals surface area contributed by atoms with Crippen LogP contribution >= 0.6 is 0 Å². The molecule has 2 amide bonds. The molecule has 0 atom stereocenters. The summed E-state index contributed by atoms with van der Waals surface area (Å²) < 4.78 is 25.5. The minimum absolute atomic E-state index is 0.0869. The number of benzene rings is 2. The smallest absolute Gasteiger partial charge is 0.267 e. The van der Waals surface area contributed by atoms with Gasteiger partial charge in [-0.3, -0.25) is 9.59 Å². The number of hydrogen-bond donors (Lipinski definition) is 0. The van der Waals surface area contributed by atoms with Crippen LogP contribution in [-0.4, -0.2) is 35.9 Å². The van der Waals surface area contributed by atoms with Gasteiger partial charge in [0.15, 0.2) is 0 Å². The lowest BCUT2D eigenvalue weighted by molar-refractivity contribution is 0.0316. The Bertz CT molecular complexity index is 947. The van der Waals surface area contributed by atoms with Crippen LogP contribution < -0.4 is 0 Å². The van der Waals surface area contributed by atoms with Gasteiger partial charge in [-0.25, -0.2) is 8.42 Å². The van der Waals surface area contributed by atoms with Gasteiger partial charge in [0.2, 0.25) is 10.0 Å². The van der Waals surface area contributed by atoms with Gasteiger partial charge in [0.1, 0.15) is 0 Å². The standard InChI is InChI=1S/C18H18N2O4S/c1-12-8-9-14(13(2)10-12)11-19(25(3,23)24)20-17(21)15-6-4-5-7-16(15)18(20)22/h4-10H,11H2,1-3H3. The summed E-state index contributed by atoms with van der Waals surface area (Å²) in [7, 11) is -3.84. The van der Waals surface area contributed by atoms with Gasteiger partial charge in [-0.1, -0.05) is 40.3 Å². The van der Waals surface area contributed by atoms with E-state index in [-0.39, 0.29) is 17.7 Å². The van der Waals surface area contributed by atoms with Crippen LogP contribution in [0.4, 0.5) is 0 Å². The molecule has 2 aromatic rings. The SMILES string of the molecule is Cc1ccc(CN(N2C(=O)c3ccccc3C2=O)S(C)(=O)=O)c(C)c1. The van der Waals surface area contributed by atoms with E-state index in [0.29, 0.717) is 0 Å². The van der Waals surface area contributed by atoms with Gasteiger partial charge in [-0.15, -0.1) is 0 Å². The van der Waals surface area contributed by atoms with Gasteiger partial charge in [0.25, 0.3) is 11.8 Å². The molecule has 1 aliphatic rings. The Morgan fingerprint density at radius 1 is 0.960 bits per heavy atom. The lowest BCUT2D eigenvalue weighted by Crippen LogP contribution is -2.48. The van der Waals surface area contributed by atoms with Crippen molar-refractivity contribution in [3.63, 3.8) is 0 Å². The highest BCUT2D eigenvalue weighted by Crippen LogP contribution is 2.27. The Hall–Kier alpha value is -2.51. The maximum Gasteiger partial charge on any atom is 0.277 e. The zero-order valence-corrected chi connectivity index (χ0v) is 15.0. The summed E-state index contributed by atoms with van der Waals surface area (Å²) >= 11 is 0. The van der Waals surface area contributed by atoms with Crippen molar-refractivity contribution in [3.8, 4) is 0 Å². The molecule has 130 valence electrons. The molecule has 0 saturated carbocycles. The summed E-state index contributed by atoms with van der Waals surface area (Å²) in [6, 6.07) is 11.9. The van der Waals surface area contributed by atoms with Crippen LogP contribution in [0, 0.1) is 13.8 Å². The maximum absolute atomic E-state index is 12.6. The van der Waals surface area contributed by atoms with Crippen LogP contribution in [0.5, 0.6) is 0 Å². The molecule has 0 aromatic heterocycles. The first-order chi connectivity index (χ1) is 11.7. The molecule has 3 rings (SSSR count). The first-order valence-corrected chi connectivity index (χ1v) is 9.56. The van der Waals surface area contributed by atoms with Crippen molar-refractivity contribution in [1.29, 1.82) is 0 Å². The predicted molar refractivity (Wildman–Crippen MR) is 93.2 cm³/mol. The van der Waals surface area contributed by atoms with Crippen LogP contribution in [0.25, 0.3) is 0 Å². The van der Waals surface area contributed by atoms with Gasteiger partial charge in [0, 0.05) is 0 Å². The molecule has 1 heterocycles. The minimum atomic E-state index is -3.84. The number of hydrogen-bond acceptors (Lipinski definition) is 4. The van der Waals surface area contributed by atoms with Crippen LogP contribution in [-0.2, 0) is 16.6 Å². The summed E-state index contributed by atoms with van der Waals surface area (Å²) in [4.78, 5) is 25.2. The highest BCUT2D eigenvalue weighted by atomic mass is 32.2. The normalized spacial score (nSPS) is 14.3. The molecule has 6 nitrogen and oxygen atoms in total. The Balaban J connectivity index is 2.04. The van der Waals surface area contributed by atoms with E-state index in [2.05, 4.69) is 0 Å². The molecule has 0 N–H and O–H groups in total. The molecule has 0 radical (unpaired) electrons. The van der Waals surface area contributed by atoms with Gasteiger partial charge in [-0.05, 0) is 37.1 Å². The summed E-state index contributed by atoms with van der Waals surface area (Å²) in [5.41, 5.74) is 3.09. The second-order valence-corrected chi connectivity index (χ2v) is 8.03. The van der Waals surface area contributed by atoms with E-state index in [9.17, 15) is 18.0 Å². The second kappa shape index (κ2) is 6.09. The molecule has 0 saturated heterocycles. The average molecular weight is 358 g/mol. The number of amides is 2. The van der Waals surface area contributed by atoms with Crippen molar-refractivity contribution in [2.45, 2.75) is 20.4 Å². The van der Waals surface area contributed by atoms with Crippen LogP contribution in [0.3, 0.4) is 0 Å². The fraction of sp³-hybridized carbons (Fsp3) is 0.222. The number of fused-ring (bicyclic) bond motifs is 1. The third kappa shape index (κ3) is 3.08. The van der Waals surface area contributed by atoms with Crippen LogP contribution in [0.2, 0.25) is 0 Å². The monoisotopic (exact) mass is 358 g/mol. The predicted octanol–water partition coefficient (Wildman–Crippen LogP) is 2.28. The van der Waals surface area contributed by atoms with Gasteiger partial charge < -0.3 is 0 Å². The number of nitrogens with zero attached hydrogens (tertiary/aromatic N) is 2. The van der Waals surface area contributed by atoms with Crippen molar-refractivity contribution in [3.05, 3.63) is 70.3 Å². The van der Waals surface area contributed by atoms with Crippen LogP contribution in [0.15, 0.2) is 42.5 Å². The molecule has 1 aliphatic heterocycles. The van der Waals surface area contributed by atoms with Crippen molar-refractivity contribution in [2.75, 3.05) is 6.26 Å². The quantitative estimate of drug-likeness (QED) is 0.786. The number of aryl methyl sites for hydroxylation is 2. The summed E-state index contributed by atoms with van der Waals surface area (Å²) in [6.07, 6.45) is 0.986. The number of rotatable bonds is 4. The second-order valence-electron chi connectivity index (χ2n) is 6.14. The number of imide groups is 1.